The molecule has 154 valence electrons. The van der Waals surface area contributed by atoms with Gasteiger partial charge in [-0.05, 0) is 26.2 Å². The lowest BCUT2D eigenvalue weighted by Gasteiger charge is -2.31. The number of rotatable bonds is 7. The molecular weight excluding hydrogens is 386 g/mol. The standard InChI is InChI=1S/C21H27N5O2S/c1-15-6-8-16(9-7-15)18-14-26-20(23-18)29-21(24-26)25-11-3-5-17(13-25)19(27)22-10-4-12-28-2/h6-9,14,17H,3-5,10-13H2,1-2H3,(H,22,27)/t17-/m0/s1. The summed E-state index contributed by atoms with van der Waals surface area (Å²) >= 11 is 1.58. The molecule has 1 N–H and O–H groups in total. The van der Waals surface area contributed by atoms with Gasteiger partial charge in [-0.2, -0.15) is 0 Å². The van der Waals surface area contributed by atoms with Crippen LogP contribution in [0.1, 0.15) is 24.8 Å². The number of benzene rings is 1. The van der Waals surface area contributed by atoms with Crippen molar-refractivity contribution in [2.24, 2.45) is 5.92 Å². The molecule has 3 heterocycles. The van der Waals surface area contributed by atoms with Crippen molar-refractivity contribution in [1.82, 2.24) is 19.9 Å². The van der Waals surface area contributed by atoms with Gasteiger partial charge in [0.05, 0.1) is 17.8 Å². The zero-order valence-corrected chi connectivity index (χ0v) is 17.7. The number of methoxy groups -OCH3 is 1. The maximum atomic E-state index is 12.5. The van der Waals surface area contributed by atoms with E-state index >= 15 is 0 Å². The molecule has 2 aromatic heterocycles. The third-order valence-electron chi connectivity index (χ3n) is 5.27. The summed E-state index contributed by atoms with van der Waals surface area (Å²) in [4.78, 5) is 20.3. The highest BCUT2D eigenvalue weighted by atomic mass is 32.1. The van der Waals surface area contributed by atoms with Gasteiger partial charge in [0, 0.05) is 38.9 Å². The van der Waals surface area contributed by atoms with Crippen LogP contribution in [0.25, 0.3) is 16.2 Å². The van der Waals surface area contributed by atoms with Crippen molar-refractivity contribution in [2.45, 2.75) is 26.2 Å². The molecule has 0 spiro atoms. The molecule has 1 aromatic carbocycles. The van der Waals surface area contributed by atoms with Crippen LogP contribution in [0.15, 0.2) is 30.5 Å². The van der Waals surface area contributed by atoms with E-state index in [2.05, 4.69) is 41.4 Å². The minimum Gasteiger partial charge on any atom is -0.385 e. The van der Waals surface area contributed by atoms with E-state index in [1.807, 2.05) is 10.7 Å². The Balaban J connectivity index is 1.42. The van der Waals surface area contributed by atoms with Gasteiger partial charge in [0.1, 0.15) is 0 Å². The van der Waals surface area contributed by atoms with Crippen molar-refractivity contribution in [1.29, 1.82) is 0 Å². The maximum absolute atomic E-state index is 12.5. The third kappa shape index (κ3) is 4.59. The largest absolute Gasteiger partial charge is 0.385 e. The Labute approximate surface area is 174 Å². The molecule has 3 aromatic rings. The molecular formula is C21H27N5O2S. The van der Waals surface area contributed by atoms with E-state index in [0.29, 0.717) is 19.7 Å². The van der Waals surface area contributed by atoms with Crippen LogP contribution in [0.5, 0.6) is 0 Å². The highest BCUT2D eigenvalue weighted by molar-refractivity contribution is 7.20. The first kappa shape index (κ1) is 19.8. The number of carbonyl (C=O) groups excluding carboxylic acids is 1. The van der Waals surface area contributed by atoms with E-state index in [1.54, 1.807) is 18.4 Å². The van der Waals surface area contributed by atoms with Crippen LogP contribution < -0.4 is 10.2 Å². The molecule has 0 radical (unpaired) electrons. The van der Waals surface area contributed by atoms with Gasteiger partial charge in [0.25, 0.3) is 0 Å². The number of anilines is 1. The summed E-state index contributed by atoms with van der Waals surface area (Å²) in [7, 11) is 1.68. The van der Waals surface area contributed by atoms with Crippen molar-refractivity contribution < 1.29 is 9.53 Å². The van der Waals surface area contributed by atoms with E-state index in [1.165, 1.54) is 5.56 Å². The minimum atomic E-state index is 0.00522. The SMILES string of the molecule is COCCCNC(=O)[C@H]1CCCN(c2nn3cc(-c4ccc(C)cc4)nc3s2)C1. The molecule has 1 fully saturated rings. The first-order chi connectivity index (χ1) is 14.1. The first-order valence-corrected chi connectivity index (χ1v) is 10.9. The molecule has 1 amide bonds. The number of amides is 1. The summed E-state index contributed by atoms with van der Waals surface area (Å²) in [5.41, 5.74) is 3.26. The number of nitrogens with zero attached hydrogens (tertiary/aromatic N) is 4. The fourth-order valence-electron chi connectivity index (χ4n) is 3.62. The molecule has 0 saturated carbocycles. The number of piperidine rings is 1. The van der Waals surface area contributed by atoms with Crippen LogP contribution in [-0.4, -0.2) is 53.9 Å². The van der Waals surface area contributed by atoms with Crippen molar-refractivity contribution in [3.05, 3.63) is 36.0 Å². The van der Waals surface area contributed by atoms with Crippen molar-refractivity contribution in [3.8, 4) is 11.3 Å². The van der Waals surface area contributed by atoms with Gasteiger partial charge >= 0.3 is 0 Å². The van der Waals surface area contributed by atoms with E-state index in [9.17, 15) is 4.79 Å². The monoisotopic (exact) mass is 413 g/mol. The Morgan fingerprint density at radius 1 is 1.34 bits per heavy atom. The van der Waals surface area contributed by atoms with E-state index in [4.69, 9.17) is 14.8 Å². The molecule has 8 heteroatoms. The van der Waals surface area contributed by atoms with Crippen molar-refractivity contribution >= 4 is 27.3 Å². The summed E-state index contributed by atoms with van der Waals surface area (Å²) < 4.78 is 6.88. The average molecular weight is 414 g/mol. The molecule has 1 aliphatic heterocycles. The van der Waals surface area contributed by atoms with Gasteiger partial charge in [-0.15, -0.1) is 5.10 Å². The van der Waals surface area contributed by atoms with E-state index in [-0.39, 0.29) is 11.8 Å². The van der Waals surface area contributed by atoms with Crippen LogP contribution in [0, 0.1) is 12.8 Å². The zero-order valence-electron chi connectivity index (χ0n) is 16.9. The van der Waals surface area contributed by atoms with Gasteiger partial charge < -0.3 is 15.0 Å². The minimum absolute atomic E-state index is 0.00522. The summed E-state index contributed by atoms with van der Waals surface area (Å²) in [6, 6.07) is 8.36. The maximum Gasteiger partial charge on any atom is 0.224 e. The number of aromatic nitrogens is 3. The number of imidazole rings is 1. The summed E-state index contributed by atoms with van der Waals surface area (Å²) in [6.45, 7) is 5.04. The second kappa shape index (κ2) is 8.92. The van der Waals surface area contributed by atoms with Gasteiger partial charge in [-0.3, -0.25) is 4.79 Å². The predicted molar refractivity (Wildman–Crippen MR) is 115 cm³/mol. The molecule has 29 heavy (non-hydrogen) atoms. The lowest BCUT2D eigenvalue weighted by Crippen LogP contribution is -2.43. The van der Waals surface area contributed by atoms with Crippen LogP contribution in [-0.2, 0) is 9.53 Å². The molecule has 1 atom stereocenters. The second-order valence-electron chi connectivity index (χ2n) is 7.53. The molecule has 7 nitrogen and oxygen atoms in total. The van der Waals surface area contributed by atoms with Crippen LogP contribution in [0.2, 0.25) is 0 Å². The van der Waals surface area contributed by atoms with E-state index < -0.39 is 0 Å². The third-order valence-corrected chi connectivity index (χ3v) is 6.25. The average Bonchev–Trinajstić information content (AvgIpc) is 3.31. The first-order valence-electron chi connectivity index (χ1n) is 10.1. The Morgan fingerprint density at radius 2 is 2.17 bits per heavy atom. The smallest absolute Gasteiger partial charge is 0.224 e. The summed E-state index contributed by atoms with van der Waals surface area (Å²) in [6.07, 6.45) is 4.73. The number of fused-ring (bicyclic) bond motifs is 1. The van der Waals surface area contributed by atoms with Crippen molar-refractivity contribution in [3.63, 3.8) is 0 Å². The second-order valence-corrected chi connectivity index (χ2v) is 8.46. The molecule has 4 rings (SSSR count). The van der Waals surface area contributed by atoms with Crippen LogP contribution in [0.4, 0.5) is 5.13 Å². The lowest BCUT2D eigenvalue weighted by molar-refractivity contribution is -0.125. The van der Waals surface area contributed by atoms with Gasteiger partial charge in [0.15, 0.2) is 0 Å². The Hall–Kier alpha value is -2.45. The normalized spacial score (nSPS) is 17.0. The Kier molecular flexibility index (Phi) is 6.10. The van der Waals surface area contributed by atoms with Gasteiger partial charge in [-0.25, -0.2) is 9.50 Å². The van der Waals surface area contributed by atoms with E-state index in [0.717, 1.165) is 47.2 Å². The molecule has 0 aliphatic carbocycles. The Morgan fingerprint density at radius 3 is 2.93 bits per heavy atom. The quantitative estimate of drug-likeness (QED) is 0.603. The number of hydrogen-bond donors (Lipinski definition) is 1. The molecule has 0 bridgehead atoms. The fourth-order valence-corrected chi connectivity index (χ4v) is 4.54. The lowest BCUT2D eigenvalue weighted by atomic mass is 9.97. The molecule has 0 unspecified atom stereocenters. The number of ether oxygens (including phenoxy) is 1. The number of hydrogen-bond acceptors (Lipinski definition) is 6. The number of carbonyl (C=O) groups is 1. The highest BCUT2D eigenvalue weighted by Crippen LogP contribution is 2.29. The summed E-state index contributed by atoms with van der Waals surface area (Å²) in [5, 5.41) is 8.69. The fraction of sp³-hybridized carbons (Fsp3) is 0.476. The number of nitrogens with one attached hydrogen (secondary N) is 1. The van der Waals surface area contributed by atoms with Crippen molar-refractivity contribution in [2.75, 3.05) is 38.3 Å². The molecule has 1 saturated heterocycles. The van der Waals surface area contributed by atoms with Crippen LogP contribution in [0.3, 0.4) is 0 Å². The van der Waals surface area contributed by atoms with Gasteiger partial charge in [-0.1, -0.05) is 41.2 Å². The predicted octanol–water partition coefficient (Wildman–Crippen LogP) is 3.14. The highest BCUT2D eigenvalue weighted by Gasteiger charge is 2.27. The summed E-state index contributed by atoms with van der Waals surface area (Å²) in [5.74, 6) is 0.138. The Bertz CT molecular complexity index is 934. The number of aryl methyl sites for hydroxylation is 1. The zero-order chi connectivity index (χ0) is 20.2. The molecule has 1 aliphatic rings. The van der Waals surface area contributed by atoms with Crippen LogP contribution >= 0.6 is 11.3 Å². The topological polar surface area (TPSA) is 71.8 Å². The van der Waals surface area contributed by atoms with Gasteiger partial charge in [0.2, 0.25) is 16.0 Å².